The standard InChI is InChI=1S/C27H37F5OS/c1-2-3-4-5-6-7-8-22-9-13-24(14-10-22)25-15-11-23(12-16-25)21-33-26-17-19-27(20-18-26)34(28,29,30,31)32/h11-12,15-20,22,24H,2-10,13-14,21H2,1H3. The van der Waals surface area contributed by atoms with Crippen molar-refractivity contribution in [3.8, 4) is 5.75 Å². The van der Waals surface area contributed by atoms with Crippen LogP contribution in [0, 0.1) is 5.92 Å². The average molecular weight is 505 g/mol. The molecule has 192 valence electrons. The Labute approximate surface area is 200 Å². The van der Waals surface area contributed by atoms with Crippen LogP contribution in [-0.2, 0) is 6.61 Å². The van der Waals surface area contributed by atoms with Gasteiger partial charge in [0.1, 0.15) is 17.3 Å². The highest BCUT2D eigenvalue weighted by atomic mass is 32.5. The Morgan fingerprint density at radius 2 is 1.32 bits per heavy atom. The zero-order valence-electron chi connectivity index (χ0n) is 20.0. The first kappa shape index (κ1) is 26.8. The highest BCUT2D eigenvalue weighted by Gasteiger charge is 2.65. The molecule has 0 N–H and O–H groups in total. The van der Waals surface area contributed by atoms with E-state index in [4.69, 9.17) is 4.74 Å². The smallest absolute Gasteiger partial charge is 0.310 e. The fraction of sp³-hybridized carbons (Fsp3) is 0.556. The van der Waals surface area contributed by atoms with Crippen LogP contribution in [0.25, 0.3) is 0 Å². The summed E-state index contributed by atoms with van der Waals surface area (Å²) in [5.41, 5.74) is 2.21. The maximum absolute atomic E-state index is 12.8. The van der Waals surface area contributed by atoms with Crippen molar-refractivity contribution in [2.24, 2.45) is 5.92 Å². The maximum Gasteiger partial charge on any atom is 0.310 e. The molecule has 0 aromatic heterocycles. The van der Waals surface area contributed by atoms with Crippen molar-refractivity contribution in [3.05, 3.63) is 59.7 Å². The lowest BCUT2D eigenvalue weighted by molar-refractivity contribution is 0.300. The summed E-state index contributed by atoms with van der Waals surface area (Å²) in [7, 11) is -9.65. The van der Waals surface area contributed by atoms with Gasteiger partial charge < -0.3 is 4.74 Å². The van der Waals surface area contributed by atoms with E-state index in [0.717, 1.165) is 23.6 Å². The molecule has 1 aliphatic rings. The molecule has 0 bridgehead atoms. The molecule has 0 radical (unpaired) electrons. The molecule has 3 rings (SSSR count). The maximum atomic E-state index is 12.8. The van der Waals surface area contributed by atoms with Gasteiger partial charge in [-0.05, 0) is 72.9 Å². The quantitative estimate of drug-likeness (QED) is 0.206. The second-order valence-corrected chi connectivity index (χ2v) is 12.2. The zero-order chi connectivity index (χ0) is 24.7. The second kappa shape index (κ2) is 10.5. The Hall–Kier alpha value is -1.76. The van der Waals surface area contributed by atoms with Crippen molar-refractivity contribution in [2.75, 3.05) is 0 Å². The predicted octanol–water partition coefficient (Wildman–Crippen LogP) is 10.9. The van der Waals surface area contributed by atoms with Crippen molar-refractivity contribution < 1.29 is 24.2 Å². The first-order valence-corrected chi connectivity index (χ1v) is 14.5. The van der Waals surface area contributed by atoms with E-state index in [2.05, 4.69) is 19.1 Å². The van der Waals surface area contributed by atoms with Gasteiger partial charge in [-0.15, -0.1) is 0 Å². The summed E-state index contributed by atoms with van der Waals surface area (Å²) < 4.78 is 69.5. The average Bonchev–Trinajstić information content (AvgIpc) is 2.80. The van der Waals surface area contributed by atoms with E-state index < -0.39 is 15.1 Å². The molecule has 1 aliphatic carbocycles. The van der Waals surface area contributed by atoms with E-state index in [0.29, 0.717) is 18.1 Å². The third-order valence-corrected chi connectivity index (χ3v) is 8.10. The third-order valence-electron chi connectivity index (χ3n) is 6.94. The van der Waals surface area contributed by atoms with E-state index in [1.54, 1.807) is 0 Å². The fourth-order valence-corrected chi connectivity index (χ4v) is 5.49. The van der Waals surface area contributed by atoms with E-state index in [1.165, 1.54) is 76.2 Å². The van der Waals surface area contributed by atoms with Crippen molar-refractivity contribution in [1.29, 1.82) is 0 Å². The summed E-state index contributed by atoms with van der Waals surface area (Å²) in [4.78, 5) is -1.90. The first-order valence-electron chi connectivity index (χ1n) is 12.5. The molecule has 2 aromatic carbocycles. The van der Waals surface area contributed by atoms with E-state index in [-0.39, 0.29) is 12.4 Å². The summed E-state index contributed by atoms with van der Waals surface area (Å²) in [6.07, 6.45) is 14.5. The monoisotopic (exact) mass is 504 g/mol. The van der Waals surface area contributed by atoms with Gasteiger partial charge in [0.15, 0.2) is 0 Å². The lowest BCUT2D eigenvalue weighted by atomic mass is 9.77. The highest BCUT2D eigenvalue weighted by molar-refractivity contribution is 8.45. The molecule has 0 saturated heterocycles. The Kier molecular flexibility index (Phi) is 8.26. The van der Waals surface area contributed by atoms with E-state index in [9.17, 15) is 19.4 Å². The molecule has 1 fully saturated rings. The Morgan fingerprint density at radius 1 is 0.735 bits per heavy atom. The van der Waals surface area contributed by atoms with Crippen LogP contribution in [0.2, 0.25) is 0 Å². The minimum atomic E-state index is -9.65. The van der Waals surface area contributed by atoms with Crippen LogP contribution >= 0.6 is 10.2 Å². The van der Waals surface area contributed by atoms with Crippen LogP contribution in [0.1, 0.15) is 94.6 Å². The third kappa shape index (κ3) is 8.47. The Balaban J connectivity index is 1.41. The second-order valence-electron chi connectivity index (χ2n) is 9.74. The van der Waals surface area contributed by atoms with Crippen molar-refractivity contribution in [1.82, 2.24) is 0 Å². The normalized spacial score (nSPS) is 21.0. The number of ether oxygens (including phenoxy) is 1. The number of halogens is 5. The molecule has 1 nitrogen and oxygen atoms in total. The fourth-order valence-electron chi connectivity index (χ4n) is 4.84. The van der Waals surface area contributed by atoms with Gasteiger partial charge in [0.05, 0.1) is 0 Å². The summed E-state index contributed by atoms with van der Waals surface area (Å²) in [5.74, 6) is 1.56. The summed E-state index contributed by atoms with van der Waals surface area (Å²) >= 11 is 0. The molecular weight excluding hydrogens is 467 g/mol. The predicted molar refractivity (Wildman–Crippen MR) is 131 cm³/mol. The van der Waals surface area contributed by atoms with Gasteiger partial charge in [-0.1, -0.05) is 95.6 Å². The van der Waals surface area contributed by atoms with Crippen LogP contribution in [-0.4, -0.2) is 0 Å². The lowest BCUT2D eigenvalue weighted by Crippen LogP contribution is -2.13. The number of benzene rings is 2. The van der Waals surface area contributed by atoms with Crippen LogP contribution in [0.3, 0.4) is 0 Å². The van der Waals surface area contributed by atoms with E-state index >= 15 is 0 Å². The van der Waals surface area contributed by atoms with Gasteiger partial charge in [0.25, 0.3) is 0 Å². The molecule has 0 heterocycles. The molecule has 7 heteroatoms. The minimum Gasteiger partial charge on any atom is -0.489 e. The van der Waals surface area contributed by atoms with E-state index in [1.807, 2.05) is 12.1 Å². The summed E-state index contributed by atoms with van der Waals surface area (Å²) in [5, 5.41) is 0. The lowest BCUT2D eigenvalue weighted by Gasteiger charge is -2.40. The minimum absolute atomic E-state index is 0.123. The molecule has 34 heavy (non-hydrogen) atoms. The van der Waals surface area contributed by atoms with Gasteiger partial charge >= 0.3 is 10.2 Å². The molecule has 0 spiro atoms. The van der Waals surface area contributed by atoms with Crippen LogP contribution in [0.15, 0.2) is 53.4 Å². The zero-order valence-corrected chi connectivity index (χ0v) is 20.8. The van der Waals surface area contributed by atoms with Crippen LogP contribution in [0.4, 0.5) is 19.4 Å². The molecule has 2 aromatic rings. The topological polar surface area (TPSA) is 9.23 Å². The van der Waals surface area contributed by atoms with Crippen LogP contribution in [0.5, 0.6) is 5.75 Å². The molecule has 0 aliphatic heterocycles. The highest BCUT2D eigenvalue weighted by Crippen LogP contribution is 3.02. The summed E-state index contributed by atoms with van der Waals surface area (Å²) in [6.45, 7) is 2.42. The molecule has 1 saturated carbocycles. The van der Waals surface area contributed by atoms with Crippen molar-refractivity contribution in [3.63, 3.8) is 0 Å². The van der Waals surface area contributed by atoms with Gasteiger partial charge in [-0.25, -0.2) is 0 Å². The van der Waals surface area contributed by atoms with Gasteiger partial charge in [-0.2, -0.15) is 0 Å². The Bertz CT molecular complexity index is 886. The first-order chi connectivity index (χ1) is 15.9. The summed E-state index contributed by atoms with van der Waals surface area (Å²) in [6, 6.07) is 10.8. The van der Waals surface area contributed by atoms with Crippen molar-refractivity contribution in [2.45, 2.75) is 95.0 Å². The SMILES string of the molecule is CCCCCCCCC1CCC(c2ccc(COc3ccc(S(F)(F)(F)(F)F)cc3)cc2)CC1. The van der Waals surface area contributed by atoms with Gasteiger partial charge in [-0.3, -0.25) is 0 Å². The van der Waals surface area contributed by atoms with Crippen LogP contribution < -0.4 is 4.74 Å². The number of rotatable bonds is 12. The molecule has 0 atom stereocenters. The van der Waals surface area contributed by atoms with Crippen molar-refractivity contribution >= 4 is 10.2 Å². The molecular formula is C27H37F5OS. The molecule has 0 amide bonds. The number of unbranched alkanes of at least 4 members (excludes halogenated alkanes) is 5. The number of hydrogen-bond acceptors (Lipinski definition) is 1. The largest absolute Gasteiger partial charge is 0.489 e. The van der Waals surface area contributed by atoms with Gasteiger partial charge in [0.2, 0.25) is 0 Å². The molecule has 0 unspecified atom stereocenters. The van der Waals surface area contributed by atoms with Gasteiger partial charge in [0, 0.05) is 0 Å². The Morgan fingerprint density at radius 3 is 1.91 bits per heavy atom. The number of hydrogen-bond donors (Lipinski definition) is 0.